The van der Waals surface area contributed by atoms with Gasteiger partial charge in [-0.1, -0.05) is 6.92 Å². The van der Waals surface area contributed by atoms with E-state index in [1.54, 1.807) is 0 Å². The highest BCUT2D eigenvalue weighted by atomic mass is 32.1. The molecule has 0 aliphatic carbocycles. The number of hydrogen-bond donors (Lipinski definition) is 3. The topological polar surface area (TPSA) is 65.7 Å². The van der Waals surface area contributed by atoms with Crippen molar-refractivity contribution in [2.75, 3.05) is 6.54 Å². The molecule has 0 aromatic heterocycles. The number of hydrazine groups is 2. The molecule has 0 unspecified atom stereocenters. The van der Waals surface area contributed by atoms with Gasteiger partial charge < -0.3 is 5.73 Å². The minimum atomic E-state index is 0.357. The van der Waals surface area contributed by atoms with Gasteiger partial charge in [-0.05, 0) is 18.6 Å². The molecule has 1 aliphatic rings. The second-order valence-corrected chi connectivity index (χ2v) is 2.48. The van der Waals surface area contributed by atoms with Crippen molar-refractivity contribution < 1.29 is 0 Å². The maximum atomic E-state index is 5.53. The first-order valence-electron chi connectivity index (χ1n) is 3.67. The summed E-state index contributed by atoms with van der Waals surface area (Å²) in [6.45, 7) is 2.89. The molecule has 0 aromatic carbocycles. The first-order valence-corrected chi connectivity index (χ1v) is 4.08. The molecule has 0 amide bonds. The van der Waals surface area contributed by atoms with Gasteiger partial charge in [0.15, 0.2) is 0 Å². The lowest BCUT2D eigenvalue weighted by Crippen LogP contribution is -2.50. The molecule has 1 aliphatic heterocycles. The second kappa shape index (κ2) is 4.06. The summed E-state index contributed by atoms with van der Waals surface area (Å²) >= 11 is 4.56. The number of thiocarbonyl (C=S) groups is 1. The zero-order valence-corrected chi connectivity index (χ0v) is 7.61. The van der Waals surface area contributed by atoms with Crippen LogP contribution in [0, 0.1) is 0 Å². The van der Waals surface area contributed by atoms with E-state index >= 15 is 0 Å². The fourth-order valence-corrected chi connectivity index (χ4v) is 0.834. The third kappa shape index (κ3) is 1.94. The maximum Gasteiger partial charge on any atom is 0.233 e. The van der Waals surface area contributed by atoms with Crippen LogP contribution in [0.5, 0.6) is 0 Å². The predicted octanol–water partition coefficient (Wildman–Crippen LogP) is -0.524. The Morgan fingerprint density at radius 2 is 2.58 bits per heavy atom. The summed E-state index contributed by atoms with van der Waals surface area (Å²) in [6.07, 6.45) is 1.02. The Labute approximate surface area is 76.3 Å². The molecule has 5 nitrogen and oxygen atoms in total. The van der Waals surface area contributed by atoms with Gasteiger partial charge in [-0.3, -0.25) is 5.43 Å². The van der Waals surface area contributed by atoms with E-state index in [4.69, 9.17) is 5.73 Å². The van der Waals surface area contributed by atoms with Gasteiger partial charge in [0, 0.05) is 11.6 Å². The van der Waals surface area contributed by atoms with Crippen LogP contribution < -0.4 is 16.6 Å². The minimum absolute atomic E-state index is 0.357. The van der Waals surface area contributed by atoms with Gasteiger partial charge in [0.05, 0.1) is 0 Å². The van der Waals surface area contributed by atoms with Crippen LogP contribution in [-0.4, -0.2) is 22.6 Å². The molecular formula is C6H11N5S. The summed E-state index contributed by atoms with van der Waals surface area (Å²) in [5.74, 6) is 0.821. The van der Waals surface area contributed by atoms with Crippen LogP contribution in [-0.2, 0) is 0 Å². The molecule has 1 heterocycles. The highest BCUT2D eigenvalue weighted by molar-refractivity contribution is 7.78. The van der Waals surface area contributed by atoms with Gasteiger partial charge in [-0.25, -0.2) is 5.43 Å². The lowest BCUT2D eigenvalue weighted by molar-refractivity contribution is 0.261. The second-order valence-electron chi connectivity index (χ2n) is 2.28. The van der Waals surface area contributed by atoms with Crippen LogP contribution in [0.2, 0.25) is 0 Å². The smallest absolute Gasteiger partial charge is 0.233 e. The third-order valence-corrected chi connectivity index (χ3v) is 1.48. The molecular weight excluding hydrogens is 174 g/mol. The van der Waals surface area contributed by atoms with Crippen molar-refractivity contribution in [3.63, 3.8) is 0 Å². The number of nitrogens with zero attached hydrogens (tertiary/aromatic N) is 2. The standard InChI is InChI=1S/C6H11N5S/c1-2-3-8-11-6(7)9-5(4-12)10-11/h8,10H,2-3H2,1H3,(H2,7,9). The van der Waals surface area contributed by atoms with Crippen LogP contribution in [0.25, 0.3) is 0 Å². The Morgan fingerprint density at radius 3 is 3.08 bits per heavy atom. The van der Waals surface area contributed by atoms with Gasteiger partial charge in [0.25, 0.3) is 0 Å². The normalized spacial score (nSPS) is 15.6. The van der Waals surface area contributed by atoms with Crippen molar-refractivity contribution in [3.8, 4) is 0 Å². The largest absolute Gasteiger partial charge is 0.367 e. The number of rotatable bonds is 3. The van der Waals surface area contributed by atoms with E-state index in [9.17, 15) is 0 Å². The molecule has 1 rings (SSSR count). The van der Waals surface area contributed by atoms with Crippen molar-refractivity contribution in [1.82, 2.24) is 16.0 Å². The number of guanidine groups is 1. The Kier molecular flexibility index (Phi) is 3.04. The van der Waals surface area contributed by atoms with Crippen molar-refractivity contribution in [2.45, 2.75) is 13.3 Å². The van der Waals surface area contributed by atoms with Gasteiger partial charge in [0.1, 0.15) is 0 Å². The van der Waals surface area contributed by atoms with E-state index in [1.165, 1.54) is 5.12 Å². The number of hydrogen-bond acceptors (Lipinski definition) is 6. The van der Waals surface area contributed by atoms with E-state index in [0.29, 0.717) is 11.8 Å². The molecule has 0 spiro atoms. The highest BCUT2D eigenvalue weighted by Gasteiger charge is 2.15. The molecule has 0 atom stereocenters. The zero-order chi connectivity index (χ0) is 8.97. The van der Waals surface area contributed by atoms with E-state index < -0.39 is 0 Å². The van der Waals surface area contributed by atoms with Gasteiger partial charge in [-0.15, -0.1) is 0 Å². The first-order chi connectivity index (χ1) is 5.77. The van der Waals surface area contributed by atoms with Gasteiger partial charge in [-0.2, -0.15) is 10.1 Å². The fourth-order valence-electron chi connectivity index (χ4n) is 0.743. The van der Waals surface area contributed by atoms with E-state index in [-0.39, 0.29) is 0 Å². The SMILES string of the molecule is CCCNN1NC(=C=S)N=C1N. The Morgan fingerprint density at radius 1 is 1.83 bits per heavy atom. The summed E-state index contributed by atoms with van der Waals surface area (Å²) in [6, 6.07) is 0. The Balaban J connectivity index is 2.50. The van der Waals surface area contributed by atoms with Crippen molar-refractivity contribution in [1.29, 1.82) is 0 Å². The minimum Gasteiger partial charge on any atom is -0.367 e. The van der Waals surface area contributed by atoms with E-state index in [0.717, 1.165) is 13.0 Å². The molecule has 0 bridgehead atoms. The van der Waals surface area contributed by atoms with Crippen LogP contribution in [0.15, 0.2) is 10.8 Å². The summed E-state index contributed by atoms with van der Waals surface area (Å²) in [5.41, 5.74) is 11.4. The van der Waals surface area contributed by atoms with Gasteiger partial charge in [0.2, 0.25) is 11.8 Å². The Hall–Kier alpha value is -1.10. The van der Waals surface area contributed by atoms with Gasteiger partial charge >= 0.3 is 0 Å². The number of nitrogens with two attached hydrogens (primary N) is 1. The Bertz CT molecular complexity index is 242. The lowest BCUT2D eigenvalue weighted by atomic mass is 10.5. The average molecular weight is 185 g/mol. The van der Waals surface area contributed by atoms with Crippen molar-refractivity contribution in [2.24, 2.45) is 10.7 Å². The molecule has 0 radical (unpaired) electrons. The molecule has 66 valence electrons. The lowest BCUT2D eigenvalue weighted by Gasteiger charge is -2.17. The third-order valence-electron chi connectivity index (χ3n) is 1.29. The van der Waals surface area contributed by atoms with E-state index in [2.05, 4.69) is 40.0 Å². The van der Waals surface area contributed by atoms with Crippen LogP contribution in [0.1, 0.15) is 13.3 Å². The van der Waals surface area contributed by atoms with Crippen molar-refractivity contribution in [3.05, 3.63) is 5.82 Å². The molecule has 0 saturated heterocycles. The van der Waals surface area contributed by atoms with Crippen LogP contribution >= 0.6 is 12.2 Å². The molecule has 0 aromatic rings. The molecule has 6 heteroatoms. The van der Waals surface area contributed by atoms with Crippen molar-refractivity contribution >= 4 is 23.2 Å². The fraction of sp³-hybridized carbons (Fsp3) is 0.500. The first kappa shape index (κ1) is 8.99. The van der Waals surface area contributed by atoms with E-state index in [1.807, 2.05) is 0 Å². The average Bonchev–Trinajstić information content (AvgIpc) is 2.43. The predicted molar refractivity (Wildman–Crippen MR) is 51.0 cm³/mol. The summed E-state index contributed by atoms with van der Waals surface area (Å²) in [5, 5.41) is 3.97. The van der Waals surface area contributed by atoms with Crippen LogP contribution in [0.4, 0.5) is 0 Å². The number of nitrogens with one attached hydrogen (secondary N) is 2. The quantitative estimate of drug-likeness (QED) is 0.516. The maximum absolute atomic E-state index is 5.53. The monoisotopic (exact) mass is 185 g/mol. The summed E-state index contributed by atoms with van der Waals surface area (Å²) < 4.78 is 0. The molecule has 4 N–H and O–H groups in total. The number of aliphatic imine (C=N–C) groups is 1. The molecule has 0 fully saturated rings. The summed E-state index contributed by atoms with van der Waals surface area (Å²) in [4.78, 5) is 3.89. The highest BCUT2D eigenvalue weighted by Crippen LogP contribution is 1.97. The molecule has 0 saturated carbocycles. The molecule has 12 heavy (non-hydrogen) atoms. The van der Waals surface area contributed by atoms with Crippen LogP contribution in [0.3, 0.4) is 0 Å². The zero-order valence-electron chi connectivity index (χ0n) is 6.79. The summed E-state index contributed by atoms with van der Waals surface area (Å²) in [7, 11) is 0.